The van der Waals surface area contributed by atoms with Crippen LogP contribution >= 0.6 is 11.6 Å². The highest BCUT2D eigenvalue weighted by molar-refractivity contribution is 7.89. The van der Waals surface area contributed by atoms with Gasteiger partial charge >= 0.3 is 0 Å². The molecule has 1 unspecified atom stereocenters. The lowest BCUT2D eigenvalue weighted by atomic mass is 10.1. The number of benzene rings is 2. The van der Waals surface area contributed by atoms with E-state index >= 15 is 0 Å². The molecular weight excluding hydrogens is 436 g/mol. The van der Waals surface area contributed by atoms with Gasteiger partial charge in [-0.2, -0.15) is 9.29 Å². The Balaban J connectivity index is 1.54. The Morgan fingerprint density at radius 1 is 1.06 bits per heavy atom. The van der Waals surface area contributed by atoms with E-state index in [1.54, 1.807) is 42.6 Å². The van der Waals surface area contributed by atoms with Crippen molar-refractivity contribution in [3.05, 3.63) is 71.7 Å². The Morgan fingerprint density at radius 3 is 2.77 bits per heavy atom. The summed E-state index contributed by atoms with van der Waals surface area (Å²) >= 11 is 6.07. The number of para-hydroxylation sites is 1. The minimum atomic E-state index is -3.83. The molecule has 0 aliphatic carbocycles. The van der Waals surface area contributed by atoms with E-state index in [9.17, 15) is 8.42 Å². The molecule has 5 rings (SSSR count). The third-order valence-electron chi connectivity index (χ3n) is 5.45. The predicted molar refractivity (Wildman–Crippen MR) is 117 cm³/mol. The molecule has 1 saturated heterocycles. The van der Waals surface area contributed by atoms with Gasteiger partial charge in [0.15, 0.2) is 0 Å². The van der Waals surface area contributed by atoms with Crippen molar-refractivity contribution in [2.24, 2.45) is 0 Å². The smallest absolute Gasteiger partial charge is 0.245 e. The number of piperidine rings is 1. The highest BCUT2D eigenvalue weighted by Crippen LogP contribution is 2.37. The SMILES string of the molecule is O=S(=O)(c1cccc2cccnc12)N1CCCCC1c1nc(-c2cccc(Cl)c2)no1. The Labute approximate surface area is 184 Å². The highest BCUT2D eigenvalue weighted by atomic mass is 35.5. The van der Waals surface area contributed by atoms with Crippen LogP contribution in [0.4, 0.5) is 0 Å². The summed E-state index contributed by atoms with van der Waals surface area (Å²) in [4.78, 5) is 9.02. The minimum absolute atomic E-state index is 0.187. The van der Waals surface area contributed by atoms with E-state index in [1.807, 2.05) is 18.2 Å². The summed E-state index contributed by atoms with van der Waals surface area (Å²) in [6.07, 6.45) is 3.85. The van der Waals surface area contributed by atoms with Crippen LogP contribution in [-0.4, -0.2) is 34.4 Å². The van der Waals surface area contributed by atoms with Gasteiger partial charge in [-0.05, 0) is 37.1 Å². The molecule has 158 valence electrons. The molecule has 0 spiro atoms. The molecule has 0 saturated carbocycles. The van der Waals surface area contributed by atoms with E-state index in [-0.39, 0.29) is 10.8 Å². The Bertz CT molecular complexity index is 1350. The third-order valence-corrected chi connectivity index (χ3v) is 7.62. The summed E-state index contributed by atoms with van der Waals surface area (Å²) < 4.78 is 34.4. The summed E-state index contributed by atoms with van der Waals surface area (Å²) in [6.45, 7) is 0.380. The number of nitrogens with zero attached hydrogens (tertiary/aromatic N) is 4. The first kappa shape index (κ1) is 20.1. The summed E-state index contributed by atoms with van der Waals surface area (Å²) in [6, 6.07) is 15.4. The van der Waals surface area contributed by atoms with Crippen LogP contribution in [0.1, 0.15) is 31.2 Å². The Morgan fingerprint density at radius 2 is 1.90 bits per heavy atom. The molecule has 31 heavy (non-hydrogen) atoms. The van der Waals surface area contributed by atoms with Gasteiger partial charge in [0.2, 0.25) is 21.7 Å². The van der Waals surface area contributed by atoms with Crippen molar-refractivity contribution in [1.29, 1.82) is 0 Å². The molecule has 0 amide bonds. The quantitative estimate of drug-likeness (QED) is 0.437. The first-order valence-corrected chi connectivity index (χ1v) is 11.8. The number of hydrogen-bond donors (Lipinski definition) is 0. The fraction of sp³-hybridized carbons (Fsp3) is 0.227. The molecule has 4 aromatic rings. The van der Waals surface area contributed by atoms with Crippen molar-refractivity contribution in [3.63, 3.8) is 0 Å². The zero-order valence-corrected chi connectivity index (χ0v) is 18.1. The number of aromatic nitrogens is 3. The van der Waals surface area contributed by atoms with Crippen molar-refractivity contribution in [3.8, 4) is 11.4 Å². The Hall–Kier alpha value is -2.81. The van der Waals surface area contributed by atoms with Crippen molar-refractivity contribution < 1.29 is 12.9 Å². The van der Waals surface area contributed by atoms with Crippen LogP contribution in [0.5, 0.6) is 0 Å². The fourth-order valence-corrected chi connectivity index (χ4v) is 5.97. The van der Waals surface area contributed by atoms with Crippen LogP contribution in [0.25, 0.3) is 22.3 Å². The normalized spacial score (nSPS) is 17.8. The average Bonchev–Trinajstić information content (AvgIpc) is 3.29. The molecule has 1 fully saturated rings. The molecular formula is C22H19ClN4O3S. The zero-order chi connectivity index (χ0) is 21.4. The molecule has 0 radical (unpaired) electrons. The molecule has 7 nitrogen and oxygen atoms in total. The van der Waals surface area contributed by atoms with Gasteiger partial charge in [-0.25, -0.2) is 8.42 Å². The average molecular weight is 455 g/mol. The van der Waals surface area contributed by atoms with E-state index in [0.29, 0.717) is 34.9 Å². The number of sulfonamides is 1. The van der Waals surface area contributed by atoms with Crippen molar-refractivity contribution in [1.82, 2.24) is 19.4 Å². The third kappa shape index (κ3) is 3.71. The molecule has 1 atom stereocenters. The molecule has 0 bridgehead atoms. The maximum Gasteiger partial charge on any atom is 0.245 e. The molecule has 0 N–H and O–H groups in total. The topological polar surface area (TPSA) is 89.2 Å². The van der Waals surface area contributed by atoms with E-state index in [0.717, 1.165) is 18.2 Å². The lowest BCUT2D eigenvalue weighted by molar-refractivity contribution is 0.205. The van der Waals surface area contributed by atoms with Crippen LogP contribution in [0, 0.1) is 0 Å². The summed E-state index contributed by atoms with van der Waals surface area (Å²) in [5, 5.41) is 5.40. The maximum absolute atomic E-state index is 13.7. The van der Waals surface area contributed by atoms with Crippen LogP contribution in [0.15, 0.2) is 70.2 Å². The highest BCUT2D eigenvalue weighted by Gasteiger charge is 2.38. The first-order valence-electron chi connectivity index (χ1n) is 9.99. The summed E-state index contributed by atoms with van der Waals surface area (Å²) in [7, 11) is -3.83. The maximum atomic E-state index is 13.7. The van der Waals surface area contributed by atoms with E-state index in [2.05, 4.69) is 15.1 Å². The molecule has 1 aliphatic rings. The van der Waals surface area contributed by atoms with Gasteiger partial charge in [-0.15, -0.1) is 0 Å². The van der Waals surface area contributed by atoms with Crippen LogP contribution < -0.4 is 0 Å². The van der Waals surface area contributed by atoms with Gasteiger partial charge < -0.3 is 4.52 Å². The molecule has 9 heteroatoms. The van der Waals surface area contributed by atoms with Crippen LogP contribution in [0.2, 0.25) is 5.02 Å². The fourth-order valence-electron chi connectivity index (χ4n) is 3.97. The second-order valence-electron chi connectivity index (χ2n) is 7.43. The summed E-state index contributed by atoms with van der Waals surface area (Å²) in [5.41, 5.74) is 1.17. The number of halogens is 1. The van der Waals surface area contributed by atoms with E-state index in [4.69, 9.17) is 16.1 Å². The van der Waals surface area contributed by atoms with Crippen LogP contribution in [-0.2, 0) is 10.0 Å². The second kappa shape index (κ2) is 8.03. The molecule has 2 aromatic carbocycles. The van der Waals surface area contributed by atoms with Crippen molar-refractivity contribution in [2.75, 3.05) is 6.54 Å². The molecule has 3 heterocycles. The minimum Gasteiger partial charge on any atom is -0.337 e. The van der Waals surface area contributed by atoms with Gasteiger partial charge in [0, 0.05) is 28.7 Å². The number of pyridine rings is 1. The first-order chi connectivity index (χ1) is 15.0. The van der Waals surface area contributed by atoms with Gasteiger partial charge in [0.25, 0.3) is 0 Å². The van der Waals surface area contributed by atoms with Crippen molar-refractivity contribution >= 4 is 32.5 Å². The standard InChI is InChI=1S/C22H19ClN4O3S/c23-17-9-3-7-16(14-17)21-25-22(30-26-21)18-10-1-2-13-27(18)31(28,29)19-11-4-6-15-8-5-12-24-20(15)19/h3-9,11-12,14,18H,1-2,10,13H2. The zero-order valence-electron chi connectivity index (χ0n) is 16.5. The summed E-state index contributed by atoms with van der Waals surface area (Å²) in [5.74, 6) is 0.665. The van der Waals surface area contributed by atoms with Crippen molar-refractivity contribution in [2.45, 2.75) is 30.2 Å². The number of rotatable bonds is 4. The van der Waals surface area contributed by atoms with Gasteiger partial charge in [0.05, 0.1) is 5.52 Å². The number of hydrogen-bond acceptors (Lipinski definition) is 6. The predicted octanol–water partition coefficient (Wildman–Crippen LogP) is 4.85. The molecule has 2 aromatic heterocycles. The van der Waals surface area contributed by atoms with Gasteiger partial charge in [-0.3, -0.25) is 4.98 Å². The van der Waals surface area contributed by atoms with E-state index in [1.165, 1.54) is 4.31 Å². The van der Waals surface area contributed by atoms with E-state index < -0.39 is 16.1 Å². The molecule has 1 aliphatic heterocycles. The van der Waals surface area contributed by atoms with Crippen LogP contribution in [0.3, 0.4) is 0 Å². The second-order valence-corrected chi connectivity index (χ2v) is 9.72. The van der Waals surface area contributed by atoms with Gasteiger partial charge in [0.1, 0.15) is 10.9 Å². The largest absolute Gasteiger partial charge is 0.337 e. The number of fused-ring (bicyclic) bond motifs is 1. The Kier molecular flexibility index (Phi) is 5.21. The lowest BCUT2D eigenvalue weighted by Gasteiger charge is -2.32. The lowest BCUT2D eigenvalue weighted by Crippen LogP contribution is -2.38. The van der Waals surface area contributed by atoms with Gasteiger partial charge in [-0.1, -0.05) is 53.5 Å². The monoisotopic (exact) mass is 454 g/mol.